The third-order valence-corrected chi connectivity index (χ3v) is 3.70. The third-order valence-electron chi connectivity index (χ3n) is 2.53. The van der Waals surface area contributed by atoms with Crippen LogP contribution in [0.15, 0.2) is 35.4 Å². The predicted octanol–water partition coefficient (Wildman–Crippen LogP) is 3.48. The zero-order valence-electron chi connectivity index (χ0n) is 11.0. The molecule has 1 aromatic carbocycles. The normalized spacial score (nSPS) is 10.8. The molecule has 0 saturated carbocycles. The molecule has 1 amide bonds. The van der Waals surface area contributed by atoms with Crippen molar-refractivity contribution in [3.63, 3.8) is 0 Å². The summed E-state index contributed by atoms with van der Waals surface area (Å²) in [6.07, 6.45) is 1.60. The van der Waals surface area contributed by atoms with E-state index in [9.17, 15) is 4.79 Å². The molecule has 0 aliphatic heterocycles. The molecular weight excluding hydrogens is 296 g/mol. The van der Waals surface area contributed by atoms with Gasteiger partial charge in [-0.2, -0.15) is 5.10 Å². The van der Waals surface area contributed by atoms with Crippen molar-refractivity contribution in [1.29, 1.82) is 0 Å². The molecular formula is C14H13ClN2O2S. The van der Waals surface area contributed by atoms with Crippen LogP contribution in [-0.4, -0.2) is 19.2 Å². The maximum absolute atomic E-state index is 12.0. The van der Waals surface area contributed by atoms with Gasteiger partial charge in [0, 0.05) is 14.8 Å². The number of carbonyl (C=O) groups excluding carboxylic acids is 1. The van der Waals surface area contributed by atoms with E-state index in [0.29, 0.717) is 16.3 Å². The highest BCUT2D eigenvalue weighted by Crippen LogP contribution is 2.22. The largest absolute Gasteiger partial charge is 0.496 e. The third kappa shape index (κ3) is 3.59. The van der Waals surface area contributed by atoms with E-state index in [1.165, 1.54) is 12.0 Å². The Labute approximate surface area is 126 Å². The number of thiophene rings is 1. The highest BCUT2D eigenvalue weighted by atomic mass is 35.5. The Kier molecular flexibility index (Phi) is 4.76. The maximum atomic E-state index is 12.0. The van der Waals surface area contributed by atoms with E-state index in [1.54, 1.807) is 35.8 Å². The zero-order chi connectivity index (χ0) is 14.5. The number of hydrogen-bond acceptors (Lipinski definition) is 4. The Morgan fingerprint density at radius 2 is 2.20 bits per heavy atom. The van der Waals surface area contributed by atoms with Gasteiger partial charge in [-0.1, -0.05) is 11.6 Å². The van der Waals surface area contributed by atoms with E-state index in [1.807, 2.05) is 19.1 Å². The van der Waals surface area contributed by atoms with Crippen LogP contribution >= 0.6 is 22.9 Å². The Hall–Kier alpha value is -1.85. The first-order valence-electron chi connectivity index (χ1n) is 5.83. The van der Waals surface area contributed by atoms with Crippen LogP contribution in [0.25, 0.3) is 0 Å². The minimum absolute atomic E-state index is 0.347. The number of nitrogens with one attached hydrogen (secondary N) is 1. The molecule has 1 aromatic heterocycles. The molecule has 1 heterocycles. The van der Waals surface area contributed by atoms with E-state index in [2.05, 4.69) is 10.5 Å². The van der Waals surface area contributed by atoms with Crippen molar-refractivity contribution < 1.29 is 9.53 Å². The van der Waals surface area contributed by atoms with E-state index < -0.39 is 0 Å². The van der Waals surface area contributed by atoms with Gasteiger partial charge in [0.05, 0.1) is 18.9 Å². The number of rotatable bonds is 4. The van der Waals surface area contributed by atoms with Crippen LogP contribution in [-0.2, 0) is 0 Å². The monoisotopic (exact) mass is 308 g/mol. The topological polar surface area (TPSA) is 50.7 Å². The Morgan fingerprint density at radius 1 is 1.40 bits per heavy atom. The number of halogens is 1. The molecule has 0 unspecified atom stereocenters. The fourth-order valence-electron chi connectivity index (χ4n) is 1.60. The van der Waals surface area contributed by atoms with E-state index in [0.717, 1.165) is 4.88 Å². The summed E-state index contributed by atoms with van der Waals surface area (Å²) in [5, 5.41) is 4.39. The maximum Gasteiger partial charge on any atom is 0.275 e. The molecule has 0 aliphatic rings. The summed E-state index contributed by atoms with van der Waals surface area (Å²) >= 11 is 7.48. The van der Waals surface area contributed by atoms with Crippen LogP contribution in [0.3, 0.4) is 0 Å². The van der Waals surface area contributed by atoms with Gasteiger partial charge in [-0.15, -0.1) is 11.3 Å². The summed E-state index contributed by atoms with van der Waals surface area (Å²) in [6, 6.07) is 8.78. The van der Waals surface area contributed by atoms with Crippen molar-refractivity contribution in [2.75, 3.05) is 7.11 Å². The lowest BCUT2D eigenvalue weighted by Crippen LogP contribution is -2.18. The second-order valence-electron chi connectivity index (χ2n) is 3.99. The van der Waals surface area contributed by atoms with Crippen LogP contribution in [0.5, 0.6) is 5.75 Å². The first-order valence-corrected chi connectivity index (χ1v) is 7.03. The number of methoxy groups -OCH3 is 1. The van der Waals surface area contributed by atoms with Gasteiger partial charge in [-0.05, 0) is 37.3 Å². The summed E-state index contributed by atoms with van der Waals surface area (Å²) in [5.41, 5.74) is 2.80. The minimum atomic E-state index is -0.367. The van der Waals surface area contributed by atoms with E-state index >= 15 is 0 Å². The molecule has 20 heavy (non-hydrogen) atoms. The Balaban J connectivity index is 2.08. The minimum Gasteiger partial charge on any atom is -0.496 e. The molecule has 6 heteroatoms. The number of hydrogen-bond donors (Lipinski definition) is 1. The summed E-state index contributed by atoms with van der Waals surface area (Å²) < 4.78 is 5.12. The van der Waals surface area contributed by atoms with Crippen LogP contribution in [0.4, 0.5) is 0 Å². The fraction of sp³-hybridized carbons (Fsp3) is 0.143. The van der Waals surface area contributed by atoms with Crippen molar-refractivity contribution in [3.05, 3.63) is 50.7 Å². The van der Waals surface area contributed by atoms with Gasteiger partial charge in [0.15, 0.2) is 0 Å². The number of benzene rings is 1. The van der Waals surface area contributed by atoms with Crippen LogP contribution in [0.2, 0.25) is 5.02 Å². The molecule has 0 fully saturated rings. The number of nitrogens with zero attached hydrogens (tertiary/aromatic N) is 1. The second-order valence-corrected chi connectivity index (χ2v) is 5.75. The lowest BCUT2D eigenvalue weighted by atomic mass is 10.2. The summed E-state index contributed by atoms with van der Waals surface area (Å²) in [4.78, 5) is 14.2. The van der Waals surface area contributed by atoms with Crippen molar-refractivity contribution >= 4 is 35.1 Å². The lowest BCUT2D eigenvalue weighted by Gasteiger charge is -2.06. The van der Waals surface area contributed by atoms with E-state index in [4.69, 9.17) is 16.3 Å². The van der Waals surface area contributed by atoms with Crippen LogP contribution in [0.1, 0.15) is 20.1 Å². The van der Waals surface area contributed by atoms with Crippen LogP contribution in [0, 0.1) is 6.92 Å². The van der Waals surface area contributed by atoms with Gasteiger partial charge in [-0.3, -0.25) is 4.79 Å². The van der Waals surface area contributed by atoms with Gasteiger partial charge in [-0.25, -0.2) is 5.43 Å². The quantitative estimate of drug-likeness (QED) is 0.694. The second kappa shape index (κ2) is 6.54. The number of aryl methyl sites for hydroxylation is 1. The molecule has 104 valence electrons. The lowest BCUT2D eigenvalue weighted by molar-refractivity contribution is 0.0952. The molecule has 0 aliphatic carbocycles. The van der Waals surface area contributed by atoms with E-state index in [-0.39, 0.29) is 5.91 Å². The number of amides is 1. The average molecular weight is 309 g/mol. The molecule has 0 bridgehead atoms. The van der Waals surface area contributed by atoms with Crippen molar-refractivity contribution in [2.45, 2.75) is 6.92 Å². The van der Waals surface area contributed by atoms with Gasteiger partial charge < -0.3 is 4.74 Å². The summed E-state index contributed by atoms with van der Waals surface area (Å²) in [5.74, 6) is 0.0861. The number of ether oxygens (including phenoxy) is 1. The molecule has 0 radical (unpaired) electrons. The molecule has 0 saturated heterocycles. The molecule has 0 atom stereocenters. The first kappa shape index (κ1) is 14.6. The standard InChI is InChI=1S/C14H13ClN2O2S/c1-9-3-5-11(20-9)8-16-17-14(18)12-7-10(15)4-6-13(12)19-2/h3-8H,1-2H3,(H,17,18)/b16-8+. The molecule has 2 rings (SSSR count). The van der Waals surface area contributed by atoms with Crippen molar-refractivity contribution in [2.24, 2.45) is 5.10 Å². The van der Waals surface area contributed by atoms with Crippen molar-refractivity contribution in [3.8, 4) is 5.75 Å². The van der Waals surface area contributed by atoms with Gasteiger partial charge in [0.1, 0.15) is 5.75 Å². The van der Waals surface area contributed by atoms with Gasteiger partial charge >= 0.3 is 0 Å². The molecule has 0 spiro atoms. The SMILES string of the molecule is COc1ccc(Cl)cc1C(=O)N/N=C/c1ccc(C)s1. The number of hydrazone groups is 1. The van der Waals surface area contributed by atoms with Gasteiger partial charge in [0.2, 0.25) is 0 Å². The predicted molar refractivity (Wildman–Crippen MR) is 82.1 cm³/mol. The molecule has 1 N–H and O–H groups in total. The Bertz CT molecular complexity index is 652. The van der Waals surface area contributed by atoms with Crippen molar-refractivity contribution in [1.82, 2.24) is 5.43 Å². The van der Waals surface area contributed by atoms with Crippen LogP contribution < -0.4 is 10.2 Å². The zero-order valence-corrected chi connectivity index (χ0v) is 12.6. The summed E-state index contributed by atoms with van der Waals surface area (Å²) in [7, 11) is 1.50. The highest BCUT2D eigenvalue weighted by molar-refractivity contribution is 7.13. The fourth-order valence-corrected chi connectivity index (χ4v) is 2.52. The smallest absolute Gasteiger partial charge is 0.275 e. The summed E-state index contributed by atoms with van der Waals surface area (Å²) in [6.45, 7) is 2.01. The highest BCUT2D eigenvalue weighted by Gasteiger charge is 2.12. The average Bonchev–Trinajstić information content (AvgIpc) is 2.84. The number of carbonyl (C=O) groups is 1. The molecule has 4 nitrogen and oxygen atoms in total. The Morgan fingerprint density at radius 3 is 2.85 bits per heavy atom. The first-order chi connectivity index (χ1) is 9.60. The van der Waals surface area contributed by atoms with Gasteiger partial charge in [0.25, 0.3) is 5.91 Å². The molecule has 2 aromatic rings.